The molecule has 1 heterocycles. The fraction of sp³-hybridized carbons (Fsp3) is 0.647. The lowest BCUT2D eigenvalue weighted by Crippen LogP contribution is -2.43. The summed E-state index contributed by atoms with van der Waals surface area (Å²) in [7, 11) is 1.68. The Balaban J connectivity index is 2.29. The number of fused-ring (bicyclic) bond motifs is 1. The second kappa shape index (κ2) is 6.04. The van der Waals surface area contributed by atoms with Gasteiger partial charge >= 0.3 is 0 Å². The van der Waals surface area contributed by atoms with Gasteiger partial charge in [-0.05, 0) is 37.0 Å². The van der Waals surface area contributed by atoms with Crippen LogP contribution in [0, 0.1) is 5.92 Å². The van der Waals surface area contributed by atoms with E-state index in [2.05, 4.69) is 20.8 Å². The smallest absolute Gasteiger partial charge is 0.125 e. The zero-order chi connectivity index (χ0) is 14.8. The Hall–Kier alpha value is -1.22. The van der Waals surface area contributed by atoms with Gasteiger partial charge in [0.05, 0.1) is 7.11 Å². The van der Waals surface area contributed by atoms with Crippen molar-refractivity contribution in [3.63, 3.8) is 0 Å². The van der Waals surface area contributed by atoms with Crippen molar-refractivity contribution in [3.05, 3.63) is 23.8 Å². The van der Waals surface area contributed by atoms with Crippen molar-refractivity contribution in [3.8, 4) is 11.5 Å². The van der Waals surface area contributed by atoms with E-state index in [4.69, 9.17) is 15.2 Å². The summed E-state index contributed by atoms with van der Waals surface area (Å²) >= 11 is 0. The van der Waals surface area contributed by atoms with Crippen LogP contribution < -0.4 is 15.2 Å². The molecule has 0 radical (unpaired) electrons. The van der Waals surface area contributed by atoms with E-state index in [-0.39, 0.29) is 11.6 Å². The molecule has 3 nitrogen and oxygen atoms in total. The average molecular weight is 277 g/mol. The van der Waals surface area contributed by atoms with Crippen molar-refractivity contribution < 1.29 is 9.47 Å². The van der Waals surface area contributed by atoms with Crippen LogP contribution in [-0.2, 0) is 0 Å². The van der Waals surface area contributed by atoms with Crippen molar-refractivity contribution >= 4 is 0 Å². The van der Waals surface area contributed by atoms with Crippen LogP contribution in [0.25, 0.3) is 0 Å². The maximum Gasteiger partial charge on any atom is 0.125 e. The Kier molecular flexibility index (Phi) is 4.59. The number of rotatable bonds is 5. The molecule has 1 aromatic rings. The summed E-state index contributed by atoms with van der Waals surface area (Å²) < 4.78 is 11.7. The highest BCUT2D eigenvalue weighted by atomic mass is 16.5. The fourth-order valence-electron chi connectivity index (χ4n) is 3.09. The third-order valence-corrected chi connectivity index (χ3v) is 4.60. The molecular formula is C17H27NO2. The van der Waals surface area contributed by atoms with E-state index >= 15 is 0 Å². The zero-order valence-corrected chi connectivity index (χ0v) is 13.1. The minimum absolute atomic E-state index is 0.0258. The highest BCUT2D eigenvalue weighted by molar-refractivity contribution is 5.44. The van der Waals surface area contributed by atoms with E-state index in [9.17, 15) is 0 Å². The Morgan fingerprint density at radius 3 is 2.80 bits per heavy atom. The summed E-state index contributed by atoms with van der Waals surface area (Å²) in [6.07, 6.45) is 4.12. The predicted molar refractivity (Wildman–Crippen MR) is 82.3 cm³/mol. The van der Waals surface area contributed by atoms with Crippen molar-refractivity contribution in [1.82, 2.24) is 0 Å². The normalized spacial score (nSPS) is 26.6. The van der Waals surface area contributed by atoms with Gasteiger partial charge < -0.3 is 15.2 Å². The minimum Gasteiger partial charge on any atom is -0.497 e. The van der Waals surface area contributed by atoms with Crippen LogP contribution in [-0.4, -0.2) is 12.7 Å². The molecule has 0 aromatic heterocycles. The van der Waals surface area contributed by atoms with Crippen molar-refractivity contribution in [1.29, 1.82) is 0 Å². The summed E-state index contributed by atoms with van der Waals surface area (Å²) in [6.45, 7) is 6.72. The molecule has 0 saturated carbocycles. The number of methoxy groups -OCH3 is 1. The zero-order valence-electron chi connectivity index (χ0n) is 13.1. The second-order valence-corrected chi connectivity index (χ2v) is 6.07. The number of benzene rings is 1. The van der Waals surface area contributed by atoms with Gasteiger partial charge in [-0.25, -0.2) is 0 Å². The van der Waals surface area contributed by atoms with E-state index in [0.717, 1.165) is 36.3 Å². The lowest BCUT2D eigenvalue weighted by Gasteiger charge is -2.42. The molecule has 1 aromatic carbocycles. The molecular weight excluding hydrogens is 250 g/mol. The quantitative estimate of drug-likeness (QED) is 0.882. The molecule has 0 spiro atoms. The van der Waals surface area contributed by atoms with Crippen LogP contribution >= 0.6 is 0 Å². The Bertz CT molecular complexity index is 460. The van der Waals surface area contributed by atoms with Gasteiger partial charge in [-0.15, -0.1) is 0 Å². The molecule has 1 aliphatic rings. The van der Waals surface area contributed by atoms with Gasteiger partial charge in [-0.1, -0.05) is 27.2 Å². The van der Waals surface area contributed by atoms with Crippen LogP contribution in [0.3, 0.4) is 0 Å². The molecule has 0 amide bonds. The van der Waals surface area contributed by atoms with Gasteiger partial charge in [-0.3, -0.25) is 0 Å². The highest BCUT2D eigenvalue weighted by Gasteiger charge is 2.39. The number of hydrogen-bond acceptors (Lipinski definition) is 3. The van der Waals surface area contributed by atoms with E-state index in [1.54, 1.807) is 7.11 Å². The summed E-state index contributed by atoms with van der Waals surface area (Å²) in [5.74, 6) is 2.42. The van der Waals surface area contributed by atoms with E-state index in [0.29, 0.717) is 5.92 Å². The predicted octanol–water partition coefficient (Wildman–Crippen LogP) is 4.06. The first kappa shape index (κ1) is 15.2. The summed E-state index contributed by atoms with van der Waals surface area (Å²) in [4.78, 5) is 0. The molecule has 20 heavy (non-hydrogen) atoms. The van der Waals surface area contributed by atoms with Crippen molar-refractivity contribution in [2.45, 2.75) is 58.1 Å². The first-order valence-electron chi connectivity index (χ1n) is 7.66. The van der Waals surface area contributed by atoms with Gasteiger partial charge in [0.2, 0.25) is 0 Å². The second-order valence-electron chi connectivity index (χ2n) is 6.07. The average Bonchev–Trinajstić information content (AvgIpc) is 2.46. The molecule has 2 N–H and O–H groups in total. The van der Waals surface area contributed by atoms with Crippen LogP contribution in [0.2, 0.25) is 0 Å². The molecule has 3 atom stereocenters. The van der Waals surface area contributed by atoms with Crippen LogP contribution in [0.15, 0.2) is 18.2 Å². The molecule has 0 fully saturated rings. The standard InChI is InChI=1S/C17H27NO2/c1-5-12(3)10-17(6-2)11-15(18)14-9-13(19-4)7-8-16(14)20-17/h7-9,12,15H,5-6,10-11,18H2,1-4H3/t12?,15-,17?/m0/s1. The summed E-state index contributed by atoms with van der Waals surface area (Å²) in [5.41, 5.74) is 7.36. The first-order chi connectivity index (χ1) is 9.53. The molecule has 2 rings (SSSR count). The molecule has 112 valence electrons. The van der Waals surface area contributed by atoms with Crippen molar-refractivity contribution in [2.24, 2.45) is 11.7 Å². The lowest BCUT2D eigenvalue weighted by molar-refractivity contribution is 0.0103. The lowest BCUT2D eigenvalue weighted by atomic mass is 9.79. The number of ether oxygens (including phenoxy) is 2. The molecule has 0 saturated heterocycles. The minimum atomic E-state index is -0.115. The molecule has 3 heteroatoms. The Labute approximate surface area is 122 Å². The van der Waals surface area contributed by atoms with Crippen LogP contribution in [0.1, 0.15) is 58.1 Å². The molecule has 1 aliphatic heterocycles. The number of nitrogens with two attached hydrogens (primary N) is 1. The highest BCUT2D eigenvalue weighted by Crippen LogP contribution is 2.44. The van der Waals surface area contributed by atoms with Crippen LogP contribution in [0.5, 0.6) is 11.5 Å². The molecule has 0 bridgehead atoms. The van der Waals surface area contributed by atoms with Crippen molar-refractivity contribution in [2.75, 3.05) is 7.11 Å². The first-order valence-corrected chi connectivity index (χ1v) is 7.66. The van der Waals surface area contributed by atoms with Gasteiger partial charge in [0.15, 0.2) is 0 Å². The van der Waals surface area contributed by atoms with Gasteiger partial charge in [-0.2, -0.15) is 0 Å². The van der Waals surface area contributed by atoms with E-state index in [1.165, 1.54) is 6.42 Å². The topological polar surface area (TPSA) is 44.5 Å². The van der Waals surface area contributed by atoms with Gasteiger partial charge in [0.25, 0.3) is 0 Å². The Morgan fingerprint density at radius 1 is 1.45 bits per heavy atom. The fourth-order valence-corrected chi connectivity index (χ4v) is 3.09. The van der Waals surface area contributed by atoms with Gasteiger partial charge in [0, 0.05) is 18.0 Å². The maximum atomic E-state index is 6.40. The summed E-state index contributed by atoms with van der Waals surface area (Å²) in [5, 5.41) is 0. The number of hydrogen-bond donors (Lipinski definition) is 1. The van der Waals surface area contributed by atoms with Crippen LogP contribution in [0.4, 0.5) is 0 Å². The third-order valence-electron chi connectivity index (χ3n) is 4.60. The monoisotopic (exact) mass is 277 g/mol. The molecule has 0 aliphatic carbocycles. The van der Waals surface area contributed by atoms with E-state index < -0.39 is 0 Å². The molecule has 2 unspecified atom stereocenters. The Morgan fingerprint density at radius 2 is 2.20 bits per heavy atom. The summed E-state index contributed by atoms with van der Waals surface area (Å²) in [6, 6.07) is 5.97. The van der Waals surface area contributed by atoms with Gasteiger partial charge in [0.1, 0.15) is 17.1 Å². The van der Waals surface area contributed by atoms with E-state index in [1.807, 2.05) is 18.2 Å². The maximum absolute atomic E-state index is 6.40. The third kappa shape index (κ3) is 2.93. The SMILES string of the molecule is CCC(C)CC1(CC)C[C@H](N)c2cc(OC)ccc2O1. The largest absolute Gasteiger partial charge is 0.497 e.